The van der Waals surface area contributed by atoms with Crippen LogP contribution in [0.1, 0.15) is 12.8 Å². The average Bonchev–Trinajstić information content (AvgIpc) is 3.24. The van der Waals surface area contributed by atoms with Crippen LogP contribution < -0.4 is 5.32 Å². The first-order valence-electron chi connectivity index (χ1n) is 6.10. The van der Waals surface area contributed by atoms with E-state index in [0.717, 1.165) is 17.1 Å². The molecule has 1 fully saturated rings. The second kappa shape index (κ2) is 4.98. The van der Waals surface area contributed by atoms with Crippen LogP contribution in [0, 0.1) is 0 Å². The van der Waals surface area contributed by atoms with Gasteiger partial charge >= 0.3 is 0 Å². The van der Waals surface area contributed by atoms with Crippen molar-refractivity contribution < 1.29 is 0 Å². The summed E-state index contributed by atoms with van der Waals surface area (Å²) in [6, 6.07) is 13.0. The van der Waals surface area contributed by atoms with E-state index in [0.29, 0.717) is 6.04 Å². The van der Waals surface area contributed by atoms with Crippen molar-refractivity contribution in [3.05, 3.63) is 36.4 Å². The van der Waals surface area contributed by atoms with Crippen LogP contribution in [-0.4, -0.2) is 22.5 Å². The molecular weight excluding hydrogens is 242 g/mol. The fraction of sp³-hybridized carbons (Fsp3) is 0.286. The fourth-order valence-corrected chi connectivity index (χ4v) is 2.17. The molecule has 1 N–H and O–H groups in total. The third kappa shape index (κ3) is 2.64. The highest BCUT2D eigenvalue weighted by atomic mass is 32.2. The average molecular weight is 257 g/mol. The maximum atomic E-state index is 4.27. The lowest BCUT2D eigenvalue weighted by Gasteiger charge is -2.04. The molecule has 4 heteroatoms. The van der Waals surface area contributed by atoms with Crippen molar-refractivity contribution in [1.82, 2.24) is 10.2 Å². The molecule has 3 rings (SSSR count). The van der Waals surface area contributed by atoms with Gasteiger partial charge in [-0.3, -0.25) is 0 Å². The smallest absolute Gasteiger partial charge is 0.148 e. The summed E-state index contributed by atoms with van der Waals surface area (Å²) in [6.07, 6.45) is 4.58. The van der Waals surface area contributed by atoms with E-state index in [2.05, 4.69) is 46.0 Å². The van der Waals surface area contributed by atoms with Crippen LogP contribution in [0.2, 0.25) is 0 Å². The van der Waals surface area contributed by atoms with E-state index in [1.165, 1.54) is 17.7 Å². The minimum atomic E-state index is 0.617. The highest BCUT2D eigenvalue weighted by molar-refractivity contribution is 7.98. The molecule has 0 aliphatic heterocycles. The summed E-state index contributed by atoms with van der Waals surface area (Å²) in [5.74, 6) is 0.877. The van der Waals surface area contributed by atoms with Crippen LogP contribution in [-0.2, 0) is 0 Å². The second-order valence-electron chi connectivity index (χ2n) is 4.45. The number of rotatable bonds is 4. The molecule has 1 aromatic carbocycles. The van der Waals surface area contributed by atoms with Gasteiger partial charge in [0, 0.05) is 16.5 Å². The molecule has 18 heavy (non-hydrogen) atoms. The number of hydrogen-bond acceptors (Lipinski definition) is 4. The largest absolute Gasteiger partial charge is 0.366 e. The standard InChI is InChI=1S/C14H15N3S/c1-18-12-6-2-10(3-7-12)13-8-9-14(17-16-13)15-11-4-5-11/h2-3,6-9,11H,4-5H2,1H3,(H,15,17). The SMILES string of the molecule is CSc1ccc(-c2ccc(NC3CC3)nn2)cc1. The molecule has 0 amide bonds. The Morgan fingerprint density at radius 1 is 1.06 bits per heavy atom. The zero-order valence-electron chi connectivity index (χ0n) is 10.3. The van der Waals surface area contributed by atoms with Crippen LogP contribution in [0.3, 0.4) is 0 Å². The molecule has 1 aromatic heterocycles. The van der Waals surface area contributed by atoms with Crippen molar-refractivity contribution in [2.45, 2.75) is 23.8 Å². The summed E-state index contributed by atoms with van der Waals surface area (Å²) >= 11 is 1.74. The molecule has 1 saturated carbocycles. The number of benzene rings is 1. The Balaban J connectivity index is 1.77. The Morgan fingerprint density at radius 3 is 2.39 bits per heavy atom. The highest BCUT2D eigenvalue weighted by Gasteiger charge is 2.21. The van der Waals surface area contributed by atoms with E-state index >= 15 is 0 Å². The van der Waals surface area contributed by atoms with Crippen molar-refractivity contribution in [3.8, 4) is 11.3 Å². The van der Waals surface area contributed by atoms with Crippen LogP contribution in [0.4, 0.5) is 5.82 Å². The van der Waals surface area contributed by atoms with Gasteiger partial charge in [-0.25, -0.2) is 0 Å². The monoisotopic (exact) mass is 257 g/mol. The molecule has 0 atom stereocenters. The molecule has 2 aromatic rings. The van der Waals surface area contributed by atoms with E-state index in [9.17, 15) is 0 Å². The van der Waals surface area contributed by atoms with Crippen molar-refractivity contribution >= 4 is 17.6 Å². The number of thioether (sulfide) groups is 1. The molecule has 1 aliphatic carbocycles. The normalized spacial score (nSPS) is 14.5. The fourth-order valence-electron chi connectivity index (χ4n) is 1.76. The third-order valence-corrected chi connectivity index (χ3v) is 3.72. The van der Waals surface area contributed by atoms with Gasteiger partial charge in [-0.2, -0.15) is 0 Å². The molecule has 3 nitrogen and oxygen atoms in total. The Bertz CT molecular complexity index is 518. The molecule has 0 radical (unpaired) electrons. The molecule has 1 aliphatic rings. The topological polar surface area (TPSA) is 37.8 Å². The number of anilines is 1. The molecule has 0 saturated heterocycles. The van der Waals surface area contributed by atoms with Gasteiger partial charge in [-0.1, -0.05) is 12.1 Å². The number of hydrogen-bond donors (Lipinski definition) is 1. The first-order valence-corrected chi connectivity index (χ1v) is 7.32. The highest BCUT2D eigenvalue weighted by Crippen LogP contribution is 2.25. The number of nitrogens with one attached hydrogen (secondary N) is 1. The lowest BCUT2D eigenvalue weighted by Crippen LogP contribution is -2.03. The van der Waals surface area contributed by atoms with E-state index in [4.69, 9.17) is 0 Å². The van der Waals surface area contributed by atoms with E-state index in [1.807, 2.05) is 12.1 Å². The van der Waals surface area contributed by atoms with Crippen LogP contribution in [0.15, 0.2) is 41.3 Å². The molecular formula is C14H15N3S. The summed E-state index contributed by atoms with van der Waals surface area (Å²) in [5.41, 5.74) is 2.03. The first kappa shape index (κ1) is 11.5. The van der Waals surface area contributed by atoms with Gasteiger partial charge in [0.1, 0.15) is 5.82 Å². The molecule has 1 heterocycles. The van der Waals surface area contributed by atoms with E-state index in [1.54, 1.807) is 11.8 Å². The van der Waals surface area contributed by atoms with Gasteiger partial charge in [0.25, 0.3) is 0 Å². The summed E-state index contributed by atoms with van der Waals surface area (Å²) in [7, 11) is 0. The molecule has 0 unspecified atom stereocenters. The Morgan fingerprint density at radius 2 is 1.83 bits per heavy atom. The quantitative estimate of drug-likeness (QED) is 0.851. The zero-order valence-corrected chi connectivity index (χ0v) is 11.1. The van der Waals surface area contributed by atoms with E-state index in [-0.39, 0.29) is 0 Å². The Labute approximate surface area is 111 Å². The van der Waals surface area contributed by atoms with Crippen LogP contribution in [0.25, 0.3) is 11.3 Å². The number of aromatic nitrogens is 2. The predicted octanol–water partition coefficient (Wildman–Crippen LogP) is 3.44. The Hall–Kier alpha value is -1.55. The minimum Gasteiger partial charge on any atom is -0.366 e. The van der Waals surface area contributed by atoms with Crippen molar-refractivity contribution in [3.63, 3.8) is 0 Å². The second-order valence-corrected chi connectivity index (χ2v) is 5.33. The van der Waals surface area contributed by atoms with Gasteiger partial charge in [0.2, 0.25) is 0 Å². The molecule has 0 spiro atoms. The summed E-state index contributed by atoms with van der Waals surface area (Å²) in [5, 5.41) is 11.8. The van der Waals surface area contributed by atoms with Crippen LogP contribution in [0.5, 0.6) is 0 Å². The minimum absolute atomic E-state index is 0.617. The summed E-state index contributed by atoms with van der Waals surface area (Å²) < 4.78 is 0. The van der Waals surface area contributed by atoms with Gasteiger partial charge in [-0.05, 0) is 43.4 Å². The van der Waals surface area contributed by atoms with Crippen molar-refractivity contribution in [1.29, 1.82) is 0 Å². The van der Waals surface area contributed by atoms with Crippen molar-refractivity contribution in [2.24, 2.45) is 0 Å². The maximum absolute atomic E-state index is 4.27. The number of nitrogens with zero attached hydrogens (tertiary/aromatic N) is 2. The van der Waals surface area contributed by atoms with Crippen LogP contribution >= 0.6 is 11.8 Å². The Kier molecular flexibility index (Phi) is 3.19. The summed E-state index contributed by atoms with van der Waals surface area (Å²) in [4.78, 5) is 1.26. The van der Waals surface area contributed by atoms with Gasteiger partial charge in [-0.15, -0.1) is 22.0 Å². The zero-order chi connectivity index (χ0) is 12.4. The predicted molar refractivity (Wildman–Crippen MR) is 75.9 cm³/mol. The lowest BCUT2D eigenvalue weighted by atomic mass is 10.1. The van der Waals surface area contributed by atoms with Gasteiger partial charge in [0.15, 0.2) is 0 Å². The van der Waals surface area contributed by atoms with Gasteiger partial charge < -0.3 is 5.32 Å². The molecule has 92 valence electrons. The third-order valence-electron chi connectivity index (χ3n) is 2.98. The van der Waals surface area contributed by atoms with E-state index < -0.39 is 0 Å². The maximum Gasteiger partial charge on any atom is 0.148 e. The van der Waals surface area contributed by atoms with Gasteiger partial charge in [0.05, 0.1) is 5.69 Å². The lowest BCUT2D eigenvalue weighted by molar-refractivity contribution is 1.00. The summed E-state index contributed by atoms with van der Waals surface area (Å²) in [6.45, 7) is 0. The first-order chi connectivity index (χ1) is 8.85. The molecule has 0 bridgehead atoms. The van der Waals surface area contributed by atoms with Crippen molar-refractivity contribution in [2.75, 3.05) is 11.6 Å².